The summed E-state index contributed by atoms with van der Waals surface area (Å²) in [4.78, 5) is 0. The van der Waals surface area contributed by atoms with Gasteiger partial charge in [0.2, 0.25) is 0 Å². The molecule has 2 fully saturated rings. The Morgan fingerprint density at radius 2 is 2.15 bits per heavy atom. The monoisotopic (exact) mass is 295 g/mol. The van der Waals surface area contributed by atoms with Gasteiger partial charge < -0.3 is 14.8 Å². The van der Waals surface area contributed by atoms with E-state index in [-0.39, 0.29) is 5.60 Å². The Kier molecular flexibility index (Phi) is 4.08. The van der Waals surface area contributed by atoms with Crippen molar-refractivity contribution >= 4 is 17.3 Å². The van der Waals surface area contributed by atoms with E-state index >= 15 is 0 Å². The number of benzene rings is 1. The molecule has 1 atom stereocenters. The summed E-state index contributed by atoms with van der Waals surface area (Å²) >= 11 is 6.09. The number of nitrogens with one attached hydrogen (secondary N) is 1. The first kappa shape index (κ1) is 14.0. The lowest BCUT2D eigenvalue weighted by molar-refractivity contribution is -0.0767. The maximum Gasteiger partial charge on any atom is 0.142 e. The molecule has 110 valence electrons. The number of ether oxygens (including phenoxy) is 2. The second-order valence-electron chi connectivity index (χ2n) is 5.92. The van der Waals surface area contributed by atoms with E-state index in [0.29, 0.717) is 6.04 Å². The zero-order valence-electron chi connectivity index (χ0n) is 12.0. The van der Waals surface area contributed by atoms with Crippen molar-refractivity contribution < 1.29 is 9.47 Å². The van der Waals surface area contributed by atoms with Gasteiger partial charge in [-0.2, -0.15) is 0 Å². The molecule has 3 nitrogen and oxygen atoms in total. The molecule has 1 unspecified atom stereocenters. The normalized spacial score (nSPS) is 24.8. The minimum atomic E-state index is 0.127. The van der Waals surface area contributed by atoms with Gasteiger partial charge >= 0.3 is 0 Å². The van der Waals surface area contributed by atoms with Gasteiger partial charge in [0.1, 0.15) is 5.75 Å². The summed E-state index contributed by atoms with van der Waals surface area (Å²) in [5, 5.41) is 4.34. The Bertz CT molecular complexity index is 472. The fraction of sp³-hybridized carbons (Fsp3) is 0.625. The quantitative estimate of drug-likeness (QED) is 0.904. The number of hydrogen-bond acceptors (Lipinski definition) is 3. The summed E-state index contributed by atoms with van der Waals surface area (Å²) in [7, 11) is 1.69. The van der Waals surface area contributed by atoms with Crippen molar-refractivity contribution in [3.05, 3.63) is 23.2 Å². The molecule has 1 aromatic carbocycles. The molecule has 20 heavy (non-hydrogen) atoms. The van der Waals surface area contributed by atoms with Crippen molar-refractivity contribution in [2.24, 2.45) is 0 Å². The molecule has 0 amide bonds. The van der Waals surface area contributed by atoms with Crippen molar-refractivity contribution in [3.63, 3.8) is 0 Å². The van der Waals surface area contributed by atoms with Crippen LogP contribution < -0.4 is 10.1 Å². The summed E-state index contributed by atoms with van der Waals surface area (Å²) in [5.74, 6) is 0.848. The molecular weight excluding hydrogens is 274 g/mol. The van der Waals surface area contributed by atoms with E-state index in [0.717, 1.165) is 35.9 Å². The van der Waals surface area contributed by atoms with Gasteiger partial charge in [0.25, 0.3) is 0 Å². The average molecular weight is 296 g/mol. The van der Waals surface area contributed by atoms with Crippen LogP contribution in [0, 0.1) is 0 Å². The van der Waals surface area contributed by atoms with E-state index in [1.165, 1.54) is 25.7 Å². The predicted octanol–water partition coefficient (Wildman–Crippen LogP) is 4.25. The third kappa shape index (κ3) is 2.89. The highest BCUT2D eigenvalue weighted by Gasteiger charge is 2.39. The van der Waals surface area contributed by atoms with Crippen LogP contribution >= 0.6 is 11.6 Å². The standard InChI is InChI=1S/C16H22ClNO2/c1-19-15-5-4-12(17)10-14(15)18-13-6-9-20-16(11-13)7-2-3-8-16/h4-5,10,13,18H,2-3,6-9,11H2,1H3. The van der Waals surface area contributed by atoms with Crippen LogP contribution in [0.1, 0.15) is 38.5 Å². The van der Waals surface area contributed by atoms with Gasteiger partial charge in [-0.25, -0.2) is 0 Å². The van der Waals surface area contributed by atoms with Crippen molar-refractivity contribution in [1.29, 1.82) is 0 Å². The maximum absolute atomic E-state index is 6.09. The molecule has 0 aromatic heterocycles. The van der Waals surface area contributed by atoms with Gasteiger partial charge in [-0.05, 0) is 43.9 Å². The minimum Gasteiger partial charge on any atom is -0.495 e. The van der Waals surface area contributed by atoms with Crippen LogP contribution in [0.3, 0.4) is 0 Å². The molecule has 0 bridgehead atoms. The summed E-state index contributed by atoms with van der Waals surface area (Å²) in [6.07, 6.45) is 7.14. The first-order valence-electron chi connectivity index (χ1n) is 7.45. The smallest absolute Gasteiger partial charge is 0.142 e. The third-order valence-corrected chi connectivity index (χ3v) is 4.76. The molecule has 4 heteroatoms. The van der Waals surface area contributed by atoms with Gasteiger partial charge in [-0.15, -0.1) is 0 Å². The lowest BCUT2D eigenvalue weighted by atomic mass is 9.89. The van der Waals surface area contributed by atoms with E-state index < -0.39 is 0 Å². The lowest BCUT2D eigenvalue weighted by Crippen LogP contribution is -2.42. The molecule has 0 radical (unpaired) electrons. The highest BCUT2D eigenvalue weighted by Crippen LogP contribution is 2.41. The first-order valence-corrected chi connectivity index (χ1v) is 7.83. The fourth-order valence-electron chi connectivity index (χ4n) is 3.53. The second kappa shape index (κ2) is 5.82. The molecular formula is C16H22ClNO2. The van der Waals surface area contributed by atoms with Gasteiger partial charge in [0.05, 0.1) is 18.4 Å². The van der Waals surface area contributed by atoms with Gasteiger partial charge in [-0.3, -0.25) is 0 Å². The Balaban J connectivity index is 1.72. The molecule has 1 saturated heterocycles. The number of methoxy groups -OCH3 is 1. The predicted molar refractivity (Wildman–Crippen MR) is 81.8 cm³/mol. The van der Waals surface area contributed by atoms with Crippen LogP contribution in [-0.2, 0) is 4.74 Å². The molecule has 1 N–H and O–H groups in total. The highest BCUT2D eigenvalue weighted by molar-refractivity contribution is 6.30. The Hall–Kier alpha value is -0.930. The van der Waals surface area contributed by atoms with Crippen molar-refractivity contribution in [3.8, 4) is 5.75 Å². The highest BCUT2D eigenvalue weighted by atomic mass is 35.5. The van der Waals surface area contributed by atoms with Crippen molar-refractivity contribution in [1.82, 2.24) is 0 Å². The van der Waals surface area contributed by atoms with Crippen LogP contribution in [0.4, 0.5) is 5.69 Å². The molecule has 1 spiro atoms. The van der Waals surface area contributed by atoms with E-state index in [9.17, 15) is 0 Å². The van der Waals surface area contributed by atoms with Gasteiger partial charge in [-0.1, -0.05) is 24.4 Å². The van der Waals surface area contributed by atoms with E-state index in [2.05, 4.69) is 5.32 Å². The van der Waals surface area contributed by atoms with Crippen molar-refractivity contribution in [2.45, 2.75) is 50.2 Å². The SMILES string of the molecule is COc1ccc(Cl)cc1NC1CCOC2(CCCC2)C1. The van der Waals surface area contributed by atoms with Crippen LogP contribution in [0.5, 0.6) is 5.75 Å². The Labute approximate surface area is 125 Å². The second-order valence-corrected chi connectivity index (χ2v) is 6.35. The summed E-state index contributed by atoms with van der Waals surface area (Å²) in [5.41, 5.74) is 1.11. The summed E-state index contributed by atoms with van der Waals surface area (Å²) in [6, 6.07) is 6.15. The lowest BCUT2D eigenvalue weighted by Gasteiger charge is -2.39. The molecule has 1 aliphatic heterocycles. The van der Waals surface area contributed by atoms with Crippen LogP contribution in [-0.4, -0.2) is 25.4 Å². The molecule has 1 aliphatic carbocycles. The van der Waals surface area contributed by atoms with E-state index in [1.54, 1.807) is 7.11 Å². The number of rotatable bonds is 3. The maximum atomic E-state index is 6.09. The largest absolute Gasteiger partial charge is 0.495 e. The average Bonchev–Trinajstić information content (AvgIpc) is 2.87. The molecule has 1 heterocycles. The van der Waals surface area contributed by atoms with Crippen LogP contribution in [0.15, 0.2) is 18.2 Å². The molecule has 1 aromatic rings. The van der Waals surface area contributed by atoms with Crippen molar-refractivity contribution in [2.75, 3.05) is 19.0 Å². The zero-order chi connectivity index (χ0) is 14.0. The van der Waals surface area contributed by atoms with E-state index in [1.807, 2.05) is 18.2 Å². The zero-order valence-corrected chi connectivity index (χ0v) is 12.7. The van der Waals surface area contributed by atoms with Crippen LogP contribution in [0.25, 0.3) is 0 Å². The van der Waals surface area contributed by atoms with E-state index in [4.69, 9.17) is 21.1 Å². The molecule has 2 aliphatic rings. The van der Waals surface area contributed by atoms with Crippen LogP contribution in [0.2, 0.25) is 5.02 Å². The number of hydrogen-bond donors (Lipinski definition) is 1. The molecule has 3 rings (SSSR count). The third-order valence-electron chi connectivity index (χ3n) is 4.53. The Morgan fingerprint density at radius 1 is 1.35 bits per heavy atom. The molecule has 1 saturated carbocycles. The van der Waals surface area contributed by atoms with Gasteiger partial charge in [0, 0.05) is 17.7 Å². The minimum absolute atomic E-state index is 0.127. The Morgan fingerprint density at radius 3 is 2.90 bits per heavy atom. The topological polar surface area (TPSA) is 30.5 Å². The van der Waals surface area contributed by atoms with Gasteiger partial charge in [0.15, 0.2) is 0 Å². The fourth-order valence-corrected chi connectivity index (χ4v) is 3.70. The first-order chi connectivity index (χ1) is 9.71. The summed E-state index contributed by atoms with van der Waals surface area (Å²) < 4.78 is 11.5. The summed E-state index contributed by atoms with van der Waals surface area (Å²) in [6.45, 7) is 0.848. The number of halogens is 1. The number of anilines is 1.